The van der Waals surface area contributed by atoms with Gasteiger partial charge in [0.15, 0.2) is 0 Å². The Hall–Kier alpha value is -1.06. The lowest BCUT2D eigenvalue weighted by molar-refractivity contribution is 0.239. The molecule has 3 nitrogen and oxygen atoms in total. The molecule has 3 heteroatoms. The Morgan fingerprint density at radius 1 is 1.17 bits per heavy atom. The Balaban J connectivity index is 1.70. The molecule has 0 unspecified atom stereocenters. The van der Waals surface area contributed by atoms with Crippen LogP contribution in [0.1, 0.15) is 12.0 Å². The minimum Gasteiger partial charge on any atom is -0.375 e. The zero-order valence-corrected chi connectivity index (χ0v) is 11.7. The summed E-state index contributed by atoms with van der Waals surface area (Å²) in [7, 11) is 2.18. The van der Waals surface area contributed by atoms with Crippen LogP contribution in [-0.4, -0.2) is 51.2 Å². The maximum absolute atomic E-state index is 3.39. The lowest BCUT2D eigenvalue weighted by Crippen LogP contribution is -2.44. The maximum Gasteiger partial charge on any atom is 0.0363 e. The van der Waals surface area contributed by atoms with E-state index in [1.165, 1.54) is 37.3 Å². The highest BCUT2D eigenvalue weighted by Gasteiger charge is 2.09. The minimum atomic E-state index is 1.13. The van der Waals surface area contributed by atoms with Crippen molar-refractivity contribution in [2.75, 3.05) is 51.2 Å². The summed E-state index contributed by atoms with van der Waals surface area (Å²) in [5, 5.41) is 3.39. The second-order valence-corrected chi connectivity index (χ2v) is 5.20. The van der Waals surface area contributed by atoms with Crippen molar-refractivity contribution in [3.63, 3.8) is 0 Å². The van der Waals surface area contributed by atoms with Crippen molar-refractivity contribution in [2.24, 2.45) is 0 Å². The average Bonchev–Trinajstić information content (AvgIpc) is 2.40. The van der Waals surface area contributed by atoms with Gasteiger partial charge in [-0.3, -0.25) is 0 Å². The predicted molar refractivity (Wildman–Crippen MR) is 78.4 cm³/mol. The molecule has 1 aliphatic heterocycles. The molecular formula is C15H25N3. The Bertz CT molecular complexity index is 341. The van der Waals surface area contributed by atoms with E-state index >= 15 is 0 Å². The van der Waals surface area contributed by atoms with Gasteiger partial charge in [-0.25, -0.2) is 0 Å². The van der Waals surface area contributed by atoms with Gasteiger partial charge in [-0.05, 0) is 32.0 Å². The summed E-state index contributed by atoms with van der Waals surface area (Å²) in [6, 6.07) is 8.78. The first-order chi connectivity index (χ1) is 8.75. The molecule has 0 atom stereocenters. The highest BCUT2D eigenvalue weighted by molar-refractivity contribution is 5.46. The third kappa shape index (κ3) is 4.00. The number of piperazine rings is 1. The normalized spacial score (nSPS) is 16.8. The molecule has 1 N–H and O–H groups in total. The van der Waals surface area contributed by atoms with Gasteiger partial charge in [0.25, 0.3) is 0 Å². The monoisotopic (exact) mass is 247 g/mol. The summed E-state index contributed by atoms with van der Waals surface area (Å²) in [4.78, 5) is 4.90. The zero-order chi connectivity index (χ0) is 12.8. The van der Waals surface area contributed by atoms with Gasteiger partial charge in [-0.1, -0.05) is 17.7 Å². The van der Waals surface area contributed by atoms with E-state index in [0.29, 0.717) is 0 Å². The van der Waals surface area contributed by atoms with Crippen LogP contribution in [-0.2, 0) is 0 Å². The van der Waals surface area contributed by atoms with Gasteiger partial charge in [0.05, 0.1) is 0 Å². The molecule has 0 aromatic heterocycles. The number of anilines is 1. The molecule has 2 rings (SSSR count). The Kier molecular flexibility index (Phi) is 5.02. The smallest absolute Gasteiger partial charge is 0.0363 e. The van der Waals surface area contributed by atoms with Gasteiger partial charge in [-0.15, -0.1) is 0 Å². The van der Waals surface area contributed by atoms with E-state index in [1.54, 1.807) is 0 Å². The second kappa shape index (κ2) is 6.76. The summed E-state index contributed by atoms with van der Waals surface area (Å²) in [6.45, 7) is 9.18. The first-order valence-electron chi connectivity index (χ1n) is 6.96. The highest BCUT2D eigenvalue weighted by Crippen LogP contribution is 2.13. The van der Waals surface area contributed by atoms with Gasteiger partial charge in [0.1, 0.15) is 0 Å². The molecule has 1 aliphatic rings. The number of benzene rings is 1. The molecule has 100 valence electrons. The van der Waals surface area contributed by atoms with E-state index in [1.807, 2.05) is 0 Å². The molecule has 0 amide bonds. The Morgan fingerprint density at radius 2 is 1.83 bits per heavy atom. The first-order valence-corrected chi connectivity index (χ1v) is 6.96. The molecule has 1 heterocycles. The first kappa shape index (κ1) is 13.4. The largest absolute Gasteiger partial charge is 0.375 e. The maximum atomic E-state index is 3.39. The molecule has 18 heavy (non-hydrogen) atoms. The zero-order valence-electron chi connectivity index (χ0n) is 11.7. The van der Waals surface area contributed by atoms with E-state index in [-0.39, 0.29) is 0 Å². The predicted octanol–water partition coefficient (Wildman–Crippen LogP) is 1.73. The third-order valence-electron chi connectivity index (χ3n) is 3.65. The lowest BCUT2D eigenvalue weighted by Gasteiger charge is -2.28. The highest BCUT2D eigenvalue weighted by atomic mass is 15.2. The van der Waals surface area contributed by atoms with Gasteiger partial charge < -0.3 is 15.1 Å². The summed E-state index contributed by atoms with van der Waals surface area (Å²) in [5.41, 5.74) is 2.65. The number of hydrogen-bond acceptors (Lipinski definition) is 3. The summed E-state index contributed by atoms with van der Waals surface area (Å²) in [5.74, 6) is 0. The number of aryl methyl sites for hydroxylation is 1. The SMILES string of the molecule is Cc1ccc(N(C)CCCN2CCNCC2)cc1. The van der Waals surface area contributed by atoms with Gasteiger partial charge in [0, 0.05) is 45.5 Å². The molecular weight excluding hydrogens is 222 g/mol. The van der Waals surface area contributed by atoms with Crippen molar-refractivity contribution >= 4 is 5.69 Å². The van der Waals surface area contributed by atoms with Gasteiger partial charge >= 0.3 is 0 Å². The second-order valence-electron chi connectivity index (χ2n) is 5.20. The van der Waals surface area contributed by atoms with Crippen molar-refractivity contribution in [2.45, 2.75) is 13.3 Å². The van der Waals surface area contributed by atoms with E-state index in [4.69, 9.17) is 0 Å². The molecule has 0 spiro atoms. The molecule has 0 aliphatic carbocycles. The molecule has 1 aromatic rings. The van der Waals surface area contributed by atoms with Crippen LogP contribution in [0.25, 0.3) is 0 Å². The van der Waals surface area contributed by atoms with Crippen molar-refractivity contribution in [1.82, 2.24) is 10.2 Å². The van der Waals surface area contributed by atoms with Crippen LogP contribution in [0, 0.1) is 6.92 Å². The molecule has 1 aromatic carbocycles. The number of rotatable bonds is 5. The standard InChI is InChI=1S/C15H25N3/c1-14-4-6-15(7-5-14)17(2)10-3-11-18-12-8-16-9-13-18/h4-7,16H,3,8-13H2,1-2H3. The van der Waals surface area contributed by atoms with Gasteiger partial charge in [-0.2, -0.15) is 0 Å². The van der Waals surface area contributed by atoms with E-state index in [0.717, 1.165) is 19.6 Å². The number of hydrogen-bond donors (Lipinski definition) is 1. The molecule has 1 fully saturated rings. The van der Waals surface area contributed by atoms with Crippen molar-refractivity contribution in [1.29, 1.82) is 0 Å². The summed E-state index contributed by atoms with van der Waals surface area (Å²) >= 11 is 0. The Morgan fingerprint density at radius 3 is 2.50 bits per heavy atom. The Labute approximate surface area is 111 Å². The van der Waals surface area contributed by atoms with Crippen LogP contribution in [0.3, 0.4) is 0 Å². The topological polar surface area (TPSA) is 18.5 Å². The fourth-order valence-electron chi connectivity index (χ4n) is 2.39. The van der Waals surface area contributed by atoms with Crippen LogP contribution < -0.4 is 10.2 Å². The average molecular weight is 247 g/mol. The minimum absolute atomic E-state index is 1.13. The van der Waals surface area contributed by atoms with E-state index in [2.05, 4.69) is 53.4 Å². The van der Waals surface area contributed by atoms with Crippen molar-refractivity contribution < 1.29 is 0 Å². The van der Waals surface area contributed by atoms with Crippen LogP contribution in [0.2, 0.25) is 0 Å². The number of nitrogens with zero attached hydrogens (tertiary/aromatic N) is 2. The lowest BCUT2D eigenvalue weighted by atomic mass is 10.2. The molecule has 0 bridgehead atoms. The van der Waals surface area contributed by atoms with Crippen LogP contribution in [0.15, 0.2) is 24.3 Å². The van der Waals surface area contributed by atoms with E-state index in [9.17, 15) is 0 Å². The van der Waals surface area contributed by atoms with Crippen molar-refractivity contribution in [3.05, 3.63) is 29.8 Å². The summed E-state index contributed by atoms with van der Waals surface area (Å²) in [6.07, 6.45) is 1.24. The molecule has 0 radical (unpaired) electrons. The molecule has 0 saturated carbocycles. The van der Waals surface area contributed by atoms with Crippen LogP contribution in [0.4, 0.5) is 5.69 Å². The van der Waals surface area contributed by atoms with Crippen LogP contribution >= 0.6 is 0 Å². The van der Waals surface area contributed by atoms with E-state index < -0.39 is 0 Å². The fraction of sp³-hybridized carbons (Fsp3) is 0.600. The fourth-order valence-corrected chi connectivity index (χ4v) is 2.39. The molecule has 1 saturated heterocycles. The summed E-state index contributed by atoms with van der Waals surface area (Å²) < 4.78 is 0. The van der Waals surface area contributed by atoms with Crippen LogP contribution in [0.5, 0.6) is 0 Å². The van der Waals surface area contributed by atoms with Gasteiger partial charge in [0.2, 0.25) is 0 Å². The van der Waals surface area contributed by atoms with Crippen molar-refractivity contribution in [3.8, 4) is 0 Å². The number of nitrogens with one attached hydrogen (secondary N) is 1. The quantitative estimate of drug-likeness (QED) is 0.855. The third-order valence-corrected chi connectivity index (χ3v) is 3.65.